The highest BCUT2D eigenvalue weighted by Crippen LogP contribution is 2.22. The summed E-state index contributed by atoms with van der Waals surface area (Å²) in [5, 5.41) is 22.1. The summed E-state index contributed by atoms with van der Waals surface area (Å²) in [6.07, 6.45) is 0.217. The van der Waals surface area contributed by atoms with Gasteiger partial charge in [-0.15, -0.1) is 0 Å². The van der Waals surface area contributed by atoms with Crippen LogP contribution in [-0.2, 0) is 0 Å². The van der Waals surface area contributed by atoms with E-state index in [0.717, 1.165) is 23.3 Å². The van der Waals surface area contributed by atoms with Gasteiger partial charge in [-0.3, -0.25) is 0 Å². The smallest absolute Gasteiger partial charge is 0.119 e. The van der Waals surface area contributed by atoms with Gasteiger partial charge in [0.2, 0.25) is 0 Å². The molecule has 0 fully saturated rings. The molecule has 2 atom stereocenters. The predicted molar refractivity (Wildman–Crippen MR) is 92.5 cm³/mol. The summed E-state index contributed by atoms with van der Waals surface area (Å²) in [5.41, 5.74) is 2.30. The van der Waals surface area contributed by atoms with Crippen LogP contribution in [0.15, 0.2) is 54.6 Å². The van der Waals surface area contributed by atoms with E-state index in [1.54, 1.807) is 0 Å². The zero-order chi connectivity index (χ0) is 16.5. The van der Waals surface area contributed by atoms with Gasteiger partial charge in [-0.05, 0) is 29.7 Å². The van der Waals surface area contributed by atoms with Crippen molar-refractivity contribution in [3.63, 3.8) is 0 Å². The van der Waals surface area contributed by atoms with Crippen LogP contribution in [0.3, 0.4) is 0 Å². The lowest BCUT2D eigenvalue weighted by Gasteiger charge is -2.18. The summed E-state index contributed by atoms with van der Waals surface area (Å²) < 4.78 is 5.61. The molecular formula is C19H25NO3. The van der Waals surface area contributed by atoms with Crippen molar-refractivity contribution in [2.45, 2.75) is 25.5 Å². The topological polar surface area (TPSA) is 61.7 Å². The molecule has 2 aromatic carbocycles. The third-order valence-electron chi connectivity index (χ3n) is 3.76. The minimum Gasteiger partial charge on any atom is -0.491 e. The standard InChI is InChI=1S/C19H25NO3/c1-2-17(13-21)20-12-18(22)14-23-19-10-8-16(9-11-19)15-6-4-3-5-7-15/h3-11,17-18,20-22H,2,12-14H2,1H3/t17-,18+/m0/s1. The van der Waals surface area contributed by atoms with Crippen LogP contribution in [-0.4, -0.2) is 42.1 Å². The van der Waals surface area contributed by atoms with E-state index in [0.29, 0.717) is 6.54 Å². The van der Waals surface area contributed by atoms with Gasteiger partial charge >= 0.3 is 0 Å². The lowest BCUT2D eigenvalue weighted by molar-refractivity contribution is 0.0995. The Bertz CT molecular complexity index is 553. The summed E-state index contributed by atoms with van der Waals surface area (Å²) in [6, 6.07) is 18.0. The molecule has 0 heterocycles. The van der Waals surface area contributed by atoms with Crippen LogP contribution in [0.25, 0.3) is 11.1 Å². The van der Waals surface area contributed by atoms with Gasteiger partial charge in [0, 0.05) is 12.6 Å². The molecule has 2 aromatic rings. The van der Waals surface area contributed by atoms with Crippen LogP contribution in [0.4, 0.5) is 0 Å². The fourth-order valence-electron chi connectivity index (χ4n) is 2.27. The van der Waals surface area contributed by atoms with E-state index >= 15 is 0 Å². The van der Waals surface area contributed by atoms with E-state index in [4.69, 9.17) is 9.84 Å². The molecular weight excluding hydrogens is 290 g/mol. The lowest BCUT2D eigenvalue weighted by Crippen LogP contribution is -2.39. The Kier molecular flexibility index (Phi) is 7.07. The molecule has 0 aliphatic carbocycles. The van der Waals surface area contributed by atoms with Gasteiger partial charge in [0.1, 0.15) is 18.5 Å². The first-order valence-corrected chi connectivity index (χ1v) is 8.03. The Balaban J connectivity index is 1.80. The molecule has 0 saturated carbocycles. The van der Waals surface area contributed by atoms with E-state index in [1.807, 2.05) is 49.4 Å². The highest BCUT2D eigenvalue weighted by atomic mass is 16.5. The highest BCUT2D eigenvalue weighted by molar-refractivity contribution is 5.63. The van der Waals surface area contributed by atoms with Crippen molar-refractivity contribution in [3.05, 3.63) is 54.6 Å². The van der Waals surface area contributed by atoms with E-state index < -0.39 is 6.10 Å². The largest absolute Gasteiger partial charge is 0.491 e. The summed E-state index contributed by atoms with van der Waals surface area (Å²) in [7, 11) is 0. The number of ether oxygens (including phenoxy) is 1. The Morgan fingerprint density at radius 1 is 1.00 bits per heavy atom. The van der Waals surface area contributed by atoms with Gasteiger partial charge in [-0.25, -0.2) is 0 Å². The molecule has 0 aromatic heterocycles. The van der Waals surface area contributed by atoms with Crippen LogP contribution >= 0.6 is 0 Å². The van der Waals surface area contributed by atoms with Crippen LogP contribution < -0.4 is 10.1 Å². The lowest BCUT2D eigenvalue weighted by atomic mass is 10.1. The van der Waals surface area contributed by atoms with Crippen LogP contribution in [0.5, 0.6) is 5.75 Å². The van der Waals surface area contributed by atoms with Gasteiger partial charge in [-0.2, -0.15) is 0 Å². The zero-order valence-electron chi connectivity index (χ0n) is 13.5. The van der Waals surface area contributed by atoms with E-state index in [-0.39, 0.29) is 19.3 Å². The molecule has 3 N–H and O–H groups in total. The monoisotopic (exact) mass is 315 g/mol. The molecule has 4 heteroatoms. The van der Waals surface area contributed by atoms with Crippen molar-refractivity contribution in [3.8, 4) is 16.9 Å². The van der Waals surface area contributed by atoms with Crippen molar-refractivity contribution in [2.75, 3.05) is 19.8 Å². The molecule has 0 radical (unpaired) electrons. The fourth-order valence-corrected chi connectivity index (χ4v) is 2.27. The average molecular weight is 315 g/mol. The molecule has 23 heavy (non-hydrogen) atoms. The first-order valence-electron chi connectivity index (χ1n) is 8.03. The molecule has 4 nitrogen and oxygen atoms in total. The van der Waals surface area contributed by atoms with Gasteiger partial charge in [0.15, 0.2) is 0 Å². The molecule has 0 spiro atoms. The maximum absolute atomic E-state index is 9.91. The van der Waals surface area contributed by atoms with Crippen LogP contribution in [0.2, 0.25) is 0 Å². The second-order valence-electron chi connectivity index (χ2n) is 5.55. The molecule has 0 unspecified atom stereocenters. The molecule has 0 aliphatic rings. The Morgan fingerprint density at radius 2 is 1.65 bits per heavy atom. The van der Waals surface area contributed by atoms with Gasteiger partial charge < -0.3 is 20.3 Å². The van der Waals surface area contributed by atoms with Crippen molar-refractivity contribution in [1.29, 1.82) is 0 Å². The molecule has 0 amide bonds. The SMILES string of the molecule is CC[C@@H](CO)NC[C@@H](O)COc1ccc(-c2ccccc2)cc1. The Hall–Kier alpha value is -1.88. The fraction of sp³-hybridized carbons (Fsp3) is 0.368. The summed E-state index contributed by atoms with van der Waals surface area (Å²) in [6.45, 7) is 2.69. The molecule has 2 rings (SSSR count). The second-order valence-corrected chi connectivity index (χ2v) is 5.55. The number of aliphatic hydroxyl groups excluding tert-OH is 2. The predicted octanol–water partition coefficient (Wildman–Crippen LogP) is 2.45. The van der Waals surface area contributed by atoms with E-state index in [9.17, 15) is 5.11 Å². The summed E-state index contributed by atoms with van der Waals surface area (Å²) >= 11 is 0. The van der Waals surface area contributed by atoms with Gasteiger partial charge in [-0.1, -0.05) is 49.4 Å². The highest BCUT2D eigenvalue weighted by Gasteiger charge is 2.09. The number of hydrogen-bond donors (Lipinski definition) is 3. The summed E-state index contributed by atoms with van der Waals surface area (Å²) in [5.74, 6) is 0.734. The van der Waals surface area contributed by atoms with E-state index in [2.05, 4.69) is 17.4 Å². The Morgan fingerprint density at radius 3 is 2.26 bits per heavy atom. The van der Waals surface area contributed by atoms with Crippen molar-refractivity contribution in [1.82, 2.24) is 5.32 Å². The number of hydrogen-bond acceptors (Lipinski definition) is 4. The van der Waals surface area contributed by atoms with Crippen molar-refractivity contribution in [2.24, 2.45) is 0 Å². The van der Waals surface area contributed by atoms with Gasteiger partial charge in [0.25, 0.3) is 0 Å². The molecule has 0 bridgehead atoms. The Labute approximate surface area is 137 Å². The quantitative estimate of drug-likeness (QED) is 0.665. The third kappa shape index (κ3) is 5.67. The summed E-state index contributed by atoms with van der Waals surface area (Å²) in [4.78, 5) is 0. The van der Waals surface area contributed by atoms with Gasteiger partial charge in [0.05, 0.1) is 6.61 Å². The molecule has 0 aliphatic heterocycles. The zero-order valence-corrected chi connectivity index (χ0v) is 13.5. The second kappa shape index (κ2) is 9.30. The van der Waals surface area contributed by atoms with Crippen molar-refractivity contribution >= 4 is 0 Å². The maximum Gasteiger partial charge on any atom is 0.119 e. The molecule has 124 valence electrons. The third-order valence-corrected chi connectivity index (χ3v) is 3.76. The van der Waals surface area contributed by atoms with Crippen LogP contribution in [0.1, 0.15) is 13.3 Å². The van der Waals surface area contributed by atoms with E-state index in [1.165, 1.54) is 0 Å². The van der Waals surface area contributed by atoms with Crippen molar-refractivity contribution < 1.29 is 14.9 Å². The average Bonchev–Trinajstić information content (AvgIpc) is 2.62. The number of aliphatic hydroxyl groups is 2. The number of nitrogens with one attached hydrogen (secondary N) is 1. The number of benzene rings is 2. The minimum atomic E-state index is -0.607. The first-order chi connectivity index (χ1) is 11.2. The van der Waals surface area contributed by atoms with Crippen LogP contribution in [0, 0.1) is 0 Å². The maximum atomic E-state index is 9.91. The minimum absolute atomic E-state index is 0.0230. The number of rotatable bonds is 9. The first kappa shape index (κ1) is 17.5. The molecule has 0 saturated heterocycles. The normalized spacial score (nSPS) is 13.5.